The summed E-state index contributed by atoms with van der Waals surface area (Å²) in [6.07, 6.45) is 7.15. The van der Waals surface area contributed by atoms with Gasteiger partial charge in [0.2, 0.25) is 0 Å². The van der Waals surface area contributed by atoms with Crippen LogP contribution in [0.5, 0.6) is 0 Å². The van der Waals surface area contributed by atoms with Gasteiger partial charge in [-0.1, -0.05) is 0 Å². The standard InChI is InChI=1S/C19H17N5S/c1-12-13(2)25-19-16(12)18(22-10-14-5-8-20-9-6-14)23-17(24-19)15-4-3-7-21-11-15/h3-9,11H,10H2,1-2H3,(H,22,23,24). The molecule has 4 heterocycles. The summed E-state index contributed by atoms with van der Waals surface area (Å²) in [5.41, 5.74) is 3.31. The highest BCUT2D eigenvalue weighted by molar-refractivity contribution is 7.18. The third-order valence-corrected chi connectivity index (χ3v) is 5.26. The van der Waals surface area contributed by atoms with Crippen molar-refractivity contribution >= 4 is 27.4 Å². The summed E-state index contributed by atoms with van der Waals surface area (Å²) in [5.74, 6) is 1.56. The van der Waals surface area contributed by atoms with Gasteiger partial charge in [0.25, 0.3) is 0 Å². The summed E-state index contributed by atoms with van der Waals surface area (Å²) >= 11 is 1.70. The fraction of sp³-hybridized carbons (Fsp3) is 0.158. The van der Waals surface area contributed by atoms with Crippen LogP contribution >= 0.6 is 11.3 Å². The van der Waals surface area contributed by atoms with Crippen LogP contribution in [-0.4, -0.2) is 19.9 Å². The van der Waals surface area contributed by atoms with Gasteiger partial charge in [-0.15, -0.1) is 11.3 Å². The van der Waals surface area contributed by atoms with Crippen molar-refractivity contribution in [3.05, 3.63) is 65.1 Å². The third-order valence-electron chi connectivity index (χ3n) is 4.16. The van der Waals surface area contributed by atoms with Crippen molar-refractivity contribution in [1.82, 2.24) is 19.9 Å². The van der Waals surface area contributed by atoms with Gasteiger partial charge in [0.15, 0.2) is 5.82 Å². The van der Waals surface area contributed by atoms with Crippen LogP contribution in [0.3, 0.4) is 0 Å². The fourth-order valence-electron chi connectivity index (χ4n) is 2.69. The maximum Gasteiger partial charge on any atom is 0.164 e. The Hall–Kier alpha value is -2.86. The highest BCUT2D eigenvalue weighted by Crippen LogP contribution is 2.35. The van der Waals surface area contributed by atoms with Crippen LogP contribution in [0.15, 0.2) is 49.1 Å². The molecular formula is C19H17N5S. The van der Waals surface area contributed by atoms with Crippen molar-refractivity contribution in [2.75, 3.05) is 5.32 Å². The largest absolute Gasteiger partial charge is 0.365 e. The summed E-state index contributed by atoms with van der Waals surface area (Å²) in [4.78, 5) is 20.1. The molecule has 0 bridgehead atoms. The fourth-order valence-corrected chi connectivity index (χ4v) is 3.72. The zero-order chi connectivity index (χ0) is 17.2. The molecule has 0 radical (unpaired) electrons. The molecule has 0 aromatic carbocycles. The third kappa shape index (κ3) is 3.08. The Labute approximate surface area is 149 Å². The number of thiophene rings is 1. The lowest BCUT2D eigenvalue weighted by atomic mass is 10.2. The van der Waals surface area contributed by atoms with Gasteiger partial charge in [-0.2, -0.15) is 0 Å². The van der Waals surface area contributed by atoms with Crippen LogP contribution in [0.4, 0.5) is 5.82 Å². The van der Waals surface area contributed by atoms with Crippen LogP contribution in [-0.2, 0) is 6.54 Å². The highest BCUT2D eigenvalue weighted by atomic mass is 32.1. The zero-order valence-electron chi connectivity index (χ0n) is 14.0. The maximum atomic E-state index is 4.79. The van der Waals surface area contributed by atoms with Crippen molar-refractivity contribution in [3.63, 3.8) is 0 Å². The van der Waals surface area contributed by atoms with E-state index in [0.717, 1.165) is 27.2 Å². The molecule has 25 heavy (non-hydrogen) atoms. The van der Waals surface area contributed by atoms with Crippen LogP contribution in [0.1, 0.15) is 16.0 Å². The minimum atomic E-state index is 0.690. The average molecular weight is 347 g/mol. The van der Waals surface area contributed by atoms with E-state index in [1.54, 1.807) is 36.1 Å². The second-order valence-electron chi connectivity index (χ2n) is 5.81. The van der Waals surface area contributed by atoms with E-state index in [-0.39, 0.29) is 0 Å². The van der Waals surface area contributed by atoms with Gasteiger partial charge in [0.1, 0.15) is 10.6 Å². The summed E-state index contributed by atoms with van der Waals surface area (Å²) in [7, 11) is 0. The molecule has 0 aliphatic rings. The summed E-state index contributed by atoms with van der Waals surface area (Å²) < 4.78 is 0. The number of rotatable bonds is 4. The number of aromatic nitrogens is 4. The lowest BCUT2D eigenvalue weighted by Crippen LogP contribution is -2.04. The van der Waals surface area contributed by atoms with Crippen molar-refractivity contribution in [2.24, 2.45) is 0 Å². The van der Waals surface area contributed by atoms with Crippen molar-refractivity contribution < 1.29 is 0 Å². The van der Waals surface area contributed by atoms with Gasteiger partial charge in [0.05, 0.1) is 5.39 Å². The number of hydrogen-bond acceptors (Lipinski definition) is 6. The van der Waals surface area contributed by atoms with E-state index < -0.39 is 0 Å². The van der Waals surface area contributed by atoms with E-state index >= 15 is 0 Å². The summed E-state index contributed by atoms with van der Waals surface area (Å²) in [6.45, 7) is 4.94. The first-order chi connectivity index (χ1) is 12.2. The Kier molecular flexibility index (Phi) is 4.11. The zero-order valence-corrected chi connectivity index (χ0v) is 14.8. The lowest BCUT2D eigenvalue weighted by molar-refractivity contribution is 1.09. The maximum absolute atomic E-state index is 4.79. The number of hydrogen-bond donors (Lipinski definition) is 1. The molecule has 0 unspecified atom stereocenters. The minimum Gasteiger partial charge on any atom is -0.365 e. The smallest absolute Gasteiger partial charge is 0.164 e. The Bertz CT molecular complexity index is 1010. The Balaban J connectivity index is 1.80. The molecule has 0 saturated heterocycles. The molecule has 124 valence electrons. The van der Waals surface area contributed by atoms with E-state index in [4.69, 9.17) is 9.97 Å². The molecule has 4 aromatic heterocycles. The normalized spacial score (nSPS) is 11.0. The van der Waals surface area contributed by atoms with Crippen LogP contribution in [0.25, 0.3) is 21.6 Å². The second-order valence-corrected chi connectivity index (χ2v) is 7.01. The SMILES string of the molecule is Cc1sc2nc(-c3cccnc3)nc(NCc3ccncc3)c2c1C. The Morgan fingerprint density at radius 1 is 1.00 bits per heavy atom. The van der Waals surface area contributed by atoms with Crippen LogP contribution < -0.4 is 5.32 Å². The molecule has 0 fully saturated rings. The van der Waals surface area contributed by atoms with Gasteiger partial charge in [-0.3, -0.25) is 9.97 Å². The molecule has 4 rings (SSSR count). The topological polar surface area (TPSA) is 63.6 Å². The molecular weight excluding hydrogens is 330 g/mol. The van der Waals surface area contributed by atoms with Crippen molar-refractivity contribution in [1.29, 1.82) is 0 Å². The molecule has 4 aromatic rings. The number of pyridine rings is 2. The highest BCUT2D eigenvalue weighted by Gasteiger charge is 2.15. The first kappa shape index (κ1) is 15.7. The minimum absolute atomic E-state index is 0.690. The van der Waals surface area contributed by atoms with E-state index in [1.807, 2.05) is 24.3 Å². The number of anilines is 1. The number of nitrogens with zero attached hydrogens (tertiary/aromatic N) is 4. The molecule has 0 atom stereocenters. The summed E-state index contributed by atoms with van der Waals surface area (Å²) in [5, 5.41) is 4.58. The Morgan fingerprint density at radius 2 is 1.84 bits per heavy atom. The Morgan fingerprint density at radius 3 is 2.60 bits per heavy atom. The van der Waals surface area contributed by atoms with E-state index in [1.165, 1.54) is 10.4 Å². The molecule has 5 nitrogen and oxygen atoms in total. The van der Waals surface area contributed by atoms with Gasteiger partial charge in [0, 0.05) is 41.8 Å². The van der Waals surface area contributed by atoms with E-state index in [9.17, 15) is 0 Å². The molecule has 0 aliphatic heterocycles. The van der Waals surface area contributed by atoms with E-state index in [0.29, 0.717) is 12.4 Å². The first-order valence-electron chi connectivity index (χ1n) is 8.03. The lowest BCUT2D eigenvalue weighted by Gasteiger charge is -2.10. The van der Waals surface area contributed by atoms with Gasteiger partial charge in [-0.25, -0.2) is 9.97 Å². The molecule has 1 N–H and O–H groups in total. The molecule has 6 heteroatoms. The number of aryl methyl sites for hydroxylation is 2. The molecule has 0 amide bonds. The van der Waals surface area contributed by atoms with Gasteiger partial charge < -0.3 is 5.32 Å². The van der Waals surface area contributed by atoms with Crippen molar-refractivity contribution in [2.45, 2.75) is 20.4 Å². The molecule has 0 spiro atoms. The molecule has 0 aliphatic carbocycles. The van der Waals surface area contributed by atoms with Crippen LogP contribution in [0.2, 0.25) is 0 Å². The first-order valence-corrected chi connectivity index (χ1v) is 8.85. The second kappa shape index (κ2) is 6.57. The molecule has 0 saturated carbocycles. The van der Waals surface area contributed by atoms with Crippen molar-refractivity contribution in [3.8, 4) is 11.4 Å². The van der Waals surface area contributed by atoms with Gasteiger partial charge in [-0.05, 0) is 49.2 Å². The van der Waals surface area contributed by atoms with Gasteiger partial charge >= 0.3 is 0 Å². The summed E-state index contributed by atoms with van der Waals surface area (Å²) in [6, 6.07) is 7.88. The quantitative estimate of drug-likeness (QED) is 0.593. The predicted octanol–water partition coefficient (Wildman–Crippen LogP) is 4.38. The monoisotopic (exact) mass is 347 g/mol. The average Bonchev–Trinajstić information content (AvgIpc) is 2.95. The number of nitrogens with one attached hydrogen (secondary N) is 1. The van der Waals surface area contributed by atoms with E-state index in [2.05, 4.69) is 29.1 Å². The predicted molar refractivity (Wildman–Crippen MR) is 102 cm³/mol. The van der Waals surface area contributed by atoms with Crippen LogP contribution in [0, 0.1) is 13.8 Å². The number of fused-ring (bicyclic) bond motifs is 1.